The Balaban J connectivity index is 0.00000144. The van der Waals surface area contributed by atoms with Gasteiger partial charge in [0.2, 0.25) is 0 Å². The molecule has 2 nitrogen and oxygen atoms in total. The van der Waals surface area contributed by atoms with Gasteiger partial charge in [-0.25, -0.2) is 0 Å². The lowest BCUT2D eigenvalue weighted by molar-refractivity contribution is 0.0778. The van der Waals surface area contributed by atoms with Crippen molar-refractivity contribution in [3.8, 4) is 0 Å². The van der Waals surface area contributed by atoms with E-state index in [0.29, 0.717) is 0 Å². The van der Waals surface area contributed by atoms with Crippen LogP contribution in [0, 0.1) is 13.8 Å². The van der Waals surface area contributed by atoms with Gasteiger partial charge in [-0.1, -0.05) is 18.2 Å². The van der Waals surface area contributed by atoms with E-state index in [2.05, 4.69) is 13.0 Å². The van der Waals surface area contributed by atoms with Gasteiger partial charge in [0, 0.05) is 0 Å². The normalized spacial score (nSPS) is 10.8. The zero-order chi connectivity index (χ0) is 9.35. The second-order valence-electron chi connectivity index (χ2n) is 3.81. The highest BCUT2D eigenvalue weighted by Gasteiger charge is 2.18. The molecule has 0 amide bonds. The summed E-state index contributed by atoms with van der Waals surface area (Å²) in [6, 6.07) is 6.02. The predicted octanol–water partition coefficient (Wildman–Crippen LogP) is 2.69. The second kappa shape index (κ2) is 3.90. The molecule has 1 rings (SSSR count). The van der Waals surface area contributed by atoms with Crippen LogP contribution in [0.4, 0.5) is 0 Å². The summed E-state index contributed by atoms with van der Waals surface area (Å²) in [7, 11) is 0. The van der Waals surface area contributed by atoms with Crippen molar-refractivity contribution < 1.29 is 5.11 Å². The molecule has 0 aliphatic heterocycles. The number of aryl methyl sites for hydroxylation is 1. The van der Waals surface area contributed by atoms with E-state index in [-0.39, 0.29) is 6.15 Å². The number of hydrogen-bond acceptors (Lipinski definition) is 2. The molecular formula is C11H19NO. The molecule has 4 N–H and O–H groups in total. The molecular weight excluding hydrogens is 162 g/mol. The highest BCUT2D eigenvalue weighted by Crippen LogP contribution is 2.24. The Bertz CT molecular complexity index is 287. The molecule has 0 heterocycles. The fourth-order valence-electron chi connectivity index (χ4n) is 1.41. The van der Waals surface area contributed by atoms with Crippen LogP contribution in [0.2, 0.25) is 0 Å². The average Bonchev–Trinajstić information content (AvgIpc) is 1.92. The van der Waals surface area contributed by atoms with E-state index in [9.17, 15) is 5.11 Å². The van der Waals surface area contributed by atoms with Crippen molar-refractivity contribution in [2.75, 3.05) is 0 Å². The molecule has 0 fully saturated rings. The topological polar surface area (TPSA) is 55.2 Å². The van der Waals surface area contributed by atoms with E-state index in [4.69, 9.17) is 0 Å². The van der Waals surface area contributed by atoms with E-state index in [1.807, 2.05) is 32.9 Å². The van der Waals surface area contributed by atoms with Gasteiger partial charge in [-0.15, -0.1) is 0 Å². The maximum atomic E-state index is 9.79. The minimum atomic E-state index is -0.726. The Morgan fingerprint density at radius 1 is 1.15 bits per heavy atom. The molecule has 0 saturated heterocycles. The van der Waals surface area contributed by atoms with Crippen molar-refractivity contribution in [3.63, 3.8) is 0 Å². The molecule has 0 spiro atoms. The molecule has 13 heavy (non-hydrogen) atoms. The van der Waals surface area contributed by atoms with E-state index in [0.717, 1.165) is 5.56 Å². The number of rotatable bonds is 1. The number of aliphatic hydroxyl groups is 1. The standard InChI is InChI=1S/C11H16O.H3N/c1-8-6-5-7-10(9(8)2)11(3,4)12;/h5-7,12H,1-4H3;1H3. The van der Waals surface area contributed by atoms with E-state index in [1.54, 1.807) is 0 Å². The molecule has 2 heteroatoms. The fourth-order valence-corrected chi connectivity index (χ4v) is 1.41. The van der Waals surface area contributed by atoms with Gasteiger partial charge in [0.1, 0.15) is 0 Å². The van der Waals surface area contributed by atoms with Gasteiger partial charge in [0.05, 0.1) is 5.60 Å². The van der Waals surface area contributed by atoms with Crippen molar-refractivity contribution in [1.82, 2.24) is 6.15 Å². The van der Waals surface area contributed by atoms with Crippen molar-refractivity contribution >= 4 is 0 Å². The average molecular weight is 181 g/mol. The Kier molecular flexibility index (Phi) is 3.64. The molecule has 0 aromatic heterocycles. The van der Waals surface area contributed by atoms with Crippen LogP contribution in [0.15, 0.2) is 18.2 Å². The first-order valence-corrected chi connectivity index (χ1v) is 4.22. The van der Waals surface area contributed by atoms with Gasteiger partial charge in [-0.05, 0) is 44.4 Å². The van der Waals surface area contributed by atoms with Crippen molar-refractivity contribution in [2.45, 2.75) is 33.3 Å². The fraction of sp³-hybridized carbons (Fsp3) is 0.455. The van der Waals surface area contributed by atoms with Crippen LogP contribution in [-0.4, -0.2) is 5.11 Å². The zero-order valence-corrected chi connectivity index (χ0v) is 8.89. The third kappa shape index (κ3) is 2.54. The van der Waals surface area contributed by atoms with E-state index in [1.165, 1.54) is 11.1 Å². The first-order chi connectivity index (χ1) is 5.43. The van der Waals surface area contributed by atoms with Crippen LogP contribution < -0.4 is 6.15 Å². The molecule has 0 unspecified atom stereocenters. The first kappa shape index (κ1) is 12.1. The lowest BCUT2D eigenvalue weighted by Crippen LogP contribution is -2.17. The maximum Gasteiger partial charge on any atom is 0.0843 e. The summed E-state index contributed by atoms with van der Waals surface area (Å²) in [5.41, 5.74) is 2.71. The summed E-state index contributed by atoms with van der Waals surface area (Å²) in [6.07, 6.45) is 0. The summed E-state index contributed by atoms with van der Waals surface area (Å²) in [5, 5.41) is 9.79. The second-order valence-corrected chi connectivity index (χ2v) is 3.81. The van der Waals surface area contributed by atoms with Gasteiger partial charge in [-0.2, -0.15) is 0 Å². The van der Waals surface area contributed by atoms with Crippen LogP contribution in [0.25, 0.3) is 0 Å². The molecule has 1 aromatic carbocycles. The van der Waals surface area contributed by atoms with Crippen LogP contribution >= 0.6 is 0 Å². The monoisotopic (exact) mass is 181 g/mol. The smallest absolute Gasteiger partial charge is 0.0843 e. The molecule has 74 valence electrons. The number of hydrogen-bond donors (Lipinski definition) is 2. The molecule has 0 saturated carbocycles. The summed E-state index contributed by atoms with van der Waals surface area (Å²) >= 11 is 0. The van der Waals surface area contributed by atoms with Crippen LogP contribution in [0.3, 0.4) is 0 Å². The Morgan fingerprint density at radius 2 is 1.69 bits per heavy atom. The third-order valence-electron chi connectivity index (χ3n) is 2.26. The number of benzene rings is 1. The largest absolute Gasteiger partial charge is 0.386 e. The molecule has 0 radical (unpaired) electrons. The third-order valence-corrected chi connectivity index (χ3v) is 2.26. The lowest BCUT2D eigenvalue weighted by atomic mass is 9.91. The van der Waals surface area contributed by atoms with E-state index < -0.39 is 5.60 Å². The summed E-state index contributed by atoms with van der Waals surface area (Å²) in [6.45, 7) is 7.73. The SMILES string of the molecule is Cc1cccc(C(C)(C)O)c1C.N. The Hall–Kier alpha value is -0.860. The molecule has 0 aliphatic carbocycles. The minimum Gasteiger partial charge on any atom is -0.386 e. The zero-order valence-electron chi connectivity index (χ0n) is 8.89. The summed E-state index contributed by atoms with van der Waals surface area (Å²) in [5.74, 6) is 0. The quantitative estimate of drug-likeness (QED) is 0.699. The summed E-state index contributed by atoms with van der Waals surface area (Å²) < 4.78 is 0. The van der Waals surface area contributed by atoms with Crippen LogP contribution in [-0.2, 0) is 5.60 Å². The Morgan fingerprint density at radius 3 is 2.08 bits per heavy atom. The summed E-state index contributed by atoms with van der Waals surface area (Å²) in [4.78, 5) is 0. The van der Waals surface area contributed by atoms with Gasteiger partial charge >= 0.3 is 0 Å². The first-order valence-electron chi connectivity index (χ1n) is 4.22. The van der Waals surface area contributed by atoms with Crippen LogP contribution in [0.1, 0.15) is 30.5 Å². The van der Waals surface area contributed by atoms with Gasteiger partial charge in [-0.3, -0.25) is 0 Å². The van der Waals surface area contributed by atoms with Gasteiger partial charge in [0.15, 0.2) is 0 Å². The molecule has 0 bridgehead atoms. The highest BCUT2D eigenvalue weighted by molar-refractivity contribution is 5.36. The van der Waals surface area contributed by atoms with Crippen molar-refractivity contribution in [1.29, 1.82) is 0 Å². The van der Waals surface area contributed by atoms with Crippen LogP contribution in [0.5, 0.6) is 0 Å². The molecule has 1 aromatic rings. The molecule has 0 aliphatic rings. The predicted molar refractivity (Wildman–Crippen MR) is 56.2 cm³/mol. The van der Waals surface area contributed by atoms with Crippen molar-refractivity contribution in [2.24, 2.45) is 0 Å². The maximum absolute atomic E-state index is 9.79. The molecule has 0 atom stereocenters. The van der Waals surface area contributed by atoms with Crippen molar-refractivity contribution in [3.05, 3.63) is 34.9 Å². The highest BCUT2D eigenvalue weighted by atomic mass is 16.3. The van der Waals surface area contributed by atoms with Gasteiger partial charge < -0.3 is 11.3 Å². The van der Waals surface area contributed by atoms with Gasteiger partial charge in [0.25, 0.3) is 0 Å². The minimum absolute atomic E-state index is 0. The lowest BCUT2D eigenvalue weighted by Gasteiger charge is -2.21. The van der Waals surface area contributed by atoms with E-state index >= 15 is 0 Å². The Labute approximate surface area is 80.2 Å².